The van der Waals surface area contributed by atoms with Crippen molar-refractivity contribution in [3.05, 3.63) is 23.2 Å². The van der Waals surface area contributed by atoms with Crippen LogP contribution in [-0.2, 0) is 4.79 Å². The standard InChI is InChI=1S/C13H20ClN3O/c1-4-6-10(15)13(18)16-11-8-5-7-9(14)12(11)17(2)3/h5,7-8,10H,4,6,15H2,1-3H3,(H,16,18)/t10-/m1/s1. The second-order valence-electron chi connectivity index (χ2n) is 4.41. The molecule has 0 saturated carbocycles. The van der Waals surface area contributed by atoms with Crippen LogP contribution in [0.15, 0.2) is 18.2 Å². The number of benzene rings is 1. The van der Waals surface area contributed by atoms with E-state index >= 15 is 0 Å². The molecule has 100 valence electrons. The lowest BCUT2D eigenvalue weighted by Crippen LogP contribution is -2.35. The van der Waals surface area contributed by atoms with Gasteiger partial charge in [-0.05, 0) is 18.6 Å². The average Bonchev–Trinajstić information content (AvgIpc) is 2.28. The molecule has 0 bridgehead atoms. The van der Waals surface area contributed by atoms with Gasteiger partial charge in [0.1, 0.15) is 0 Å². The lowest BCUT2D eigenvalue weighted by molar-refractivity contribution is -0.117. The lowest BCUT2D eigenvalue weighted by Gasteiger charge is -2.20. The van der Waals surface area contributed by atoms with Gasteiger partial charge in [0.2, 0.25) is 5.91 Å². The van der Waals surface area contributed by atoms with Gasteiger partial charge in [0.05, 0.1) is 22.4 Å². The summed E-state index contributed by atoms with van der Waals surface area (Å²) in [6.07, 6.45) is 1.55. The molecule has 1 rings (SSSR count). The number of halogens is 1. The number of nitrogens with zero attached hydrogens (tertiary/aromatic N) is 1. The Bertz CT molecular complexity index is 421. The van der Waals surface area contributed by atoms with Crippen LogP contribution < -0.4 is 16.0 Å². The average molecular weight is 270 g/mol. The van der Waals surface area contributed by atoms with Gasteiger partial charge in [-0.15, -0.1) is 0 Å². The van der Waals surface area contributed by atoms with Crippen molar-refractivity contribution in [2.75, 3.05) is 24.3 Å². The highest BCUT2D eigenvalue weighted by molar-refractivity contribution is 6.34. The van der Waals surface area contributed by atoms with Crippen LogP contribution >= 0.6 is 11.6 Å². The molecule has 0 aromatic heterocycles. The number of nitrogens with one attached hydrogen (secondary N) is 1. The number of rotatable bonds is 5. The molecule has 0 aliphatic carbocycles. The maximum absolute atomic E-state index is 11.9. The third kappa shape index (κ3) is 3.62. The summed E-state index contributed by atoms with van der Waals surface area (Å²) in [5.74, 6) is -0.179. The minimum atomic E-state index is -0.482. The molecule has 1 aromatic carbocycles. The predicted octanol–water partition coefficient (Wildman–Crippen LogP) is 2.47. The molecule has 0 aliphatic heterocycles. The normalized spacial score (nSPS) is 12.1. The van der Waals surface area contributed by atoms with E-state index in [-0.39, 0.29) is 5.91 Å². The molecule has 0 spiro atoms. The van der Waals surface area contributed by atoms with Gasteiger partial charge < -0.3 is 16.0 Å². The predicted molar refractivity (Wildman–Crippen MR) is 77.3 cm³/mol. The van der Waals surface area contributed by atoms with E-state index in [4.69, 9.17) is 17.3 Å². The summed E-state index contributed by atoms with van der Waals surface area (Å²) in [5.41, 5.74) is 7.25. The van der Waals surface area contributed by atoms with E-state index < -0.39 is 6.04 Å². The summed E-state index contributed by atoms with van der Waals surface area (Å²) in [5, 5.41) is 3.43. The van der Waals surface area contributed by atoms with Crippen LogP contribution in [0.1, 0.15) is 19.8 Å². The van der Waals surface area contributed by atoms with Gasteiger partial charge in [-0.3, -0.25) is 4.79 Å². The van der Waals surface area contributed by atoms with E-state index in [9.17, 15) is 4.79 Å². The van der Waals surface area contributed by atoms with Crippen molar-refractivity contribution in [2.24, 2.45) is 5.73 Å². The van der Waals surface area contributed by atoms with Crippen LogP contribution in [0.25, 0.3) is 0 Å². The summed E-state index contributed by atoms with van der Waals surface area (Å²) >= 11 is 6.12. The topological polar surface area (TPSA) is 58.4 Å². The Balaban J connectivity index is 2.91. The van der Waals surface area contributed by atoms with Gasteiger partial charge in [-0.2, -0.15) is 0 Å². The summed E-state index contributed by atoms with van der Waals surface area (Å²) in [6.45, 7) is 2.00. The van der Waals surface area contributed by atoms with Crippen molar-refractivity contribution in [3.8, 4) is 0 Å². The molecule has 0 aliphatic rings. The quantitative estimate of drug-likeness (QED) is 0.863. The Kier molecular flexibility index (Phi) is 5.44. The van der Waals surface area contributed by atoms with Crippen LogP contribution in [0.3, 0.4) is 0 Å². The van der Waals surface area contributed by atoms with Crippen LogP contribution in [0.5, 0.6) is 0 Å². The summed E-state index contributed by atoms with van der Waals surface area (Å²) in [6, 6.07) is 4.93. The van der Waals surface area contributed by atoms with Crippen LogP contribution in [-0.4, -0.2) is 26.0 Å². The fraction of sp³-hybridized carbons (Fsp3) is 0.462. The molecule has 1 atom stereocenters. The molecular formula is C13H20ClN3O. The summed E-state index contributed by atoms with van der Waals surface area (Å²) in [4.78, 5) is 13.8. The maximum Gasteiger partial charge on any atom is 0.241 e. The van der Waals surface area contributed by atoms with Crippen LogP contribution in [0.4, 0.5) is 11.4 Å². The Labute approximate surface area is 113 Å². The monoisotopic (exact) mass is 269 g/mol. The van der Waals surface area contributed by atoms with Crippen molar-refractivity contribution in [3.63, 3.8) is 0 Å². The highest BCUT2D eigenvalue weighted by Crippen LogP contribution is 2.32. The largest absolute Gasteiger partial charge is 0.375 e. The van der Waals surface area contributed by atoms with Gasteiger partial charge in [0.25, 0.3) is 0 Å². The third-order valence-electron chi connectivity index (χ3n) is 2.63. The summed E-state index contributed by atoms with van der Waals surface area (Å²) < 4.78 is 0. The lowest BCUT2D eigenvalue weighted by atomic mass is 10.1. The zero-order valence-corrected chi connectivity index (χ0v) is 11.8. The number of anilines is 2. The second kappa shape index (κ2) is 6.61. The minimum Gasteiger partial charge on any atom is -0.375 e. The Morgan fingerprint density at radius 3 is 2.72 bits per heavy atom. The molecule has 4 nitrogen and oxygen atoms in total. The Morgan fingerprint density at radius 2 is 2.17 bits per heavy atom. The molecule has 0 saturated heterocycles. The number of amides is 1. The van der Waals surface area contributed by atoms with Crippen molar-refractivity contribution < 1.29 is 4.79 Å². The molecule has 0 unspecified atom stereocenters. The van der Waals surface area contributed by atoms with Crippen molar-refractivity contribution in [1.29, 1.82) is 0 Å². The molecule has 0 heterocycles. The fourth-order valence-electron chi connectivity index (χ4n) is 1.74. The van der Waals surface area contributed by atoms with Gasteiger partial charge in [-0.1, -0.05) is 31.0 Å². The molecule has 1 aromatic rings. The minimum absolute atomic E-state index is 0.179. The first kappa shape index (κ1) is 14.8. The zero-order chi connectivity index (χ0) is 13.7. The number of para-hydroxylation sites is 1. The number of hydrogen-bond donors (Lipinski definition) is 2. The number of nitrogens with two attached hydrogens (primary N) is 1. The van der Waals surface area contributed by atoms with Crippen LogP contribution in [0, 0.1) is 0 Å². The molecule has 3 N–H and O–H groups in total. The fourth-order valence-corrected chi connectivity index (χ4v) is 2.08. The van der Waals surface area contributed by atoms with E-state index in [1.807, 2.05) is 32.0 Å². The van der Waals surface area contributed by atoms with E-state index in [0.717, 1.165) is 12.1 Å². The zero-order valence-electron chi connectivity index (χ0n) is 11.0. The molecule has 1 amide bonds. The SMILES string of the molecule is CCC[C@@H](N)C(=O)Nc1cccc(Cl)c1N(C)C. The van der Waals surface area contributed by atoms with Crippen molar-refractivity contribution in [2.45, 2.75) is 25.8 Å². The van der Waals surface area contributed by atoms with Gasteiger partial charge in [-0.25, -0.2) is 0 Å². The van der Waals surface area contributed by atoms with E-state index in [1.54, 1.807) is 12.1 Å². The maximum atomic E-state index is 11.9. The Hall–Kier alpha value is -1.26. The number of carbonyl (C=O) groups is 1. The first-order chi connectivity index (χ1) is 8.47. The second-order valence-corrected chi connectivity index (χ2v) is 4.82. The first-order valence-corrected chi connectivity index (χ1v) is 6.37. The summed E-state index contributed by atoms with van der Waals surface area (Å²) in [7, 11) is 3.76. The molecule has 18 heavy (non-hydrogen) atoms. The number of carbonyl (C=O) groups excluding carboxylic acids is 1. The van der Waals surface area contributed by atoms with Crippen molar-refractivity contribution in [1.82, 2.24) is 0 Å². The highest BCUT2D eigenvalue weighted by atomic mass is 35.5. The van der Waals surface area contributed by atoms with Gasteiger partial charge in [0, 0.05) is 14.1 Å². The molecule has 0 fully saturated rings. The highest BCUT2D eigenvalue weighted by Gasteiger charge is 2.16. The van der Waals surface area contributed by atoms with Crippen LogP contribution in [0.2, 0.25) is 5.02 Å². The molecule has 5 heteroatoms. The van der Waals surface area contributed by atoms with E-state index in [0.29, 0.717) is 17.1 Å². The van der Waals surface area contributed by atoms with E-state index in [1.165, 1.54) is 0 Å². The smallest absolute Gasteiger partial charge is 0.241 e. The number of hydrogen-bond acceptors (Lipinski definition) is 3. The Morgan fingerprint density at radius 1 is 1.50 bits per heavy atom. The molecular weight excluding hydrogens is 250 g/mol. The molecule has 0 radical (unpaired) electrons. The van der Waals surface area contributed by atoms with E-state index in [2.05, 4.69) is 5.32 Å². The van der Waals surface area contributed by atoms with Gasteiger partial charge in [0.15, 0.2) is 0 Å². The first-order valence-electron chi connectivity index (χ1n) is 5.99. The van der Waals surface area contributed by atoms with Crippen molar-refractivity contribution >= 4 is 28.9 Å². The van der Waals surface area contributed by atoms with Gasteiger partial charge >= 0.3 is 0 Å². The third-order valence-corrected chi connectivity index (χ3v) is 2.93.